The zero-order valence-corrected chi connectivity index (χ0v) is 21.8. The molecule has 1 radical (unpaired) electrons. The van der Waals surface area contributed by atoms with Gasteiger partial charge < -0.3 is 0 Å². The molecule has 0 aliphatic heterocycles. The van der Waals surface area contributed by atoms with E-state index in [2.05, 4.69) is 97.7 Å². The van der Waals surface area contributed by atoms with E-state index in [4.69, 9.17) is 0 Å². The fourth-order valence-corrected chi connectivity index (χ4v) is 4.13. The van der Waals surface area contributed by atoms with Gasteiger partial charge in [-0.05, 0) is 23.7 Å². The van der Waals surface area contributed by atoms with Crippen LogP contribution >= 0.6 is 0 Å². The Morgan fingerprint density at radius 1 is 0.783 bits per heavy atom. The number of hydrogen-bond acceptors (Lipinski definition) is 0. The molecule has 0 spiro atoms. The van der Waals surface area contributed by atoms with E-state index in [-0.39, 0.29) is 26.2 Å². The second-order valence-electron chi connectivity index (χ2n) is 7.92. The summed E-state index contributed by atoms with van der Waals surface area (Å²) in [6, 6.07) is 17.4. The zero-order chi connectivity index (χ0) is 17.4. The molecule has 0 saturated carbocycles. The number of hydrogen-bond donors (Lipinski definition) is 0. The van der Waals surface area contributed by atoms with Crippen molar-refractivity contribution in [1.82, 2.24) is 0 Å². The third-order valence-electron chi connectivity index (χ3n) is 3.06. The van der Waals surface area contributed by atoms with Gasteiger partial charge in [-0.15, -0.1) is 0 Å². The van der Waals surface area contributed by atoms with Crippen molar-refractivity contribution in [3.05, 3.63) is 48.5 Å². The third kappa shape index (κ3) is 13.1. The Hall–Kier alpha value is 0.104. The molecule has 0 aliphatic rings. The summed E-state index contributed by atoms with van der Waals surface area (Å²) in [6.45, 7) is 18.3. The van der Waals surface area contributed by atoms with E-state index in [1.807, 2.05) is 13.8 Å². The average Bonchev–Trinajstić information content (AvgIpc) is 3.02. The Kier molecular flexibility index (Phi) is 12.8. The second-order valence-corrected chi connectivity index (χ2v) is 19.2. The largest absolute Gasteiger partial charge is 2.00 e. The first-order valence-electron chi connectivity index (χ1n) is 7.94. The molecular formula is C19H33Si3Zr. The normalized spacial score (nSPS) is 10.4. The van der Waals surface area contributed by atoms with E-state index in [1.54, 1.807) is 10.4 Å². The van der Waals surface area contributed by atoms with E-state index in [0.29, 0.717) is 0 Å². The van der Waals surface area contributed by atoms with Gasteiger partial charge in [0.1, 0.15) is 0 Å². The Balaban J connectivity index is 0. The Labute approximate surface area is 168 Å². The van der Waals surface area contributed by atoms with Crippen molar-refractivity contribution in [3.63, 3.8) is 0 Å². The van der Waals surface area contributed by atoms with Crippen molar-refractivity contribution in [1.29, 1.82) is 0 Å². The van der Waals surface area contributed by atoms with E-state index >= 15 is 0 Å². The molecule has 0 heterocycles. The van der Waals surface area contributed by atoms with Crippen LogP contribution in [0, 0.1) is 0 Å². The summed E-state index contributed by atoms with van der Waals surface area (Å²) in [6.07, 6.45) is 0. The van der Waals surface area contributed by atoms with Crippen molar-refractivity contribution >= 4 is 41.5 Å². The summed E-state index contributed by atoms with van der Waals surface area (Å²) in [5.41, 5.74) is 0. The molecule has 2 aromatic carbocycles. The minimum Gasteiger partial charge on any atom is -0.212 e. The van der Waals surface area contributed by atoms with Gasteiger partial charge in [-0.1, -0.05) is 44.5 Å². The molecule has 125 valence electrons. The van der Waals surface area contributed by atoms with Crippen molar-refractivity contribution in [2.45, 2.75) is 53.1 Å². The monoisotopic (exact) mass is 435 g/mol. The van der Waals surface area contributed by atoms with Crippen molar-refractivity contribution in [2.24, 2.45) is 0 Å². The molecule has 4 heteroatoms. The van der Waals surface area contributed by atoms with Gasteiger partial charge >= 0.3 is 26.2 Å². The molecule has 2 rings (SSSR count). The molecule has 0 N–H and O–H groups in total. The van der Waals surface area contributed by atoms with Crippen LogP contribution in [0.5, 0.6) is 0 Å². The van der Waals surface area contributed by atoms with Gasteiger partial charge in [0.05, 0.1) is 0 Å². The minimum absolute atomic E-state index is 0. The fourth-order valence-electron chi connectivity index (χ4n) is 1.75. The average molecular weight is 437 g/mol. The van der Waals surface area contributed by atoms with E-state index in [1.165, 1.54) is 5.17 Å². The molecule has 0 aromatic heterocycles. The van der Waals surface area contributed by atoms with Gasteiger partial charge in [-0.25, -0.2) is 22.5 Å². The predicted octanol–water partition coefficient (Wildman–Crippen LogP) is 4.00. The Morgan fingerprint density at radius 3 is 1.13 bits per heavy atom. The van der Waals surface area contributed by atoms with E-state index in [9.17, 15) is 0 Å². The van der Waals surface area contributed by atoms with Gasteiger partial charge in [-0.3, -0.25) is 0 Å². The van der Waals surface area contributed by atoms with E-state index < -0.39 is 16.1 Å². The molecule has 0 aliphatic carbocycles. The number of rotatable bonds is 2. The molecule has 0 atom stereocenters. The summed E-state index contributed by atoms with van der Waals surface area (Å²) < 4.78 is 0. The van der Waals surface area contributed by atoms with Crippen LogP contribution in [0.25, 0.3) is 0 Å². The first-order valence-corrected chi connectivity index (χ1v) is 15.5. The SMILES string of the molecule is CC(C)=[SiH].C[Si](C)(C)c1cc[cH-]c1.C[Si](C)(C)c1cc[cH-]c1.[Zr+2]. The van der Waals surface area contributed by atoms with Crippen molar-refractivity contribution in [2.75, 3.05) is 0 Å². The summed E-state index contributed by atoms with van der Waals surface area (Å²) in [7, 11) is 0.612. The van der Waals surface area contributed by atoms with Crippen LogP contribution in [0.15, 0.2) is 48.5 Å². The summed E-state index contributed by atoms with van der Waals surface area (Å²) in [5.74, 6) is 0. The smallest absolute Gasteiger partial charge is 0.212 e. The van der Waals surface area contributed by atoms with Crippen LogP contribution in [0.3, 0.4) is 0 Å². The fraction of sp³-hybridized carbons (Fsp3) is 0.421. The van der Waals surface area contributed by atoms with Gasteiger partial charge in [0.2, 0.25) is 0 Å². The Bertz CT molecular complexity index is 464. The molecule has 2 aromatic rings. The summed E-state index contributed by atoms with van der Waals surface area (Å²) in [5, 5.41) is 4.45. The summed E-state index contributed by atoms with van der Waals surface area (Å²) in [4.78, 5) is 0. The first-order chi connectivity index (χ1) is 9.94. The maximum Gasteiger partial charge on any atom is 2.00 e. The minimum atomic E-state index is -0.981. The van der Waals surface area contributed by atoms with Crippen molar-refractivity contribution < 1.29 is 26.2 Å². The first kappa shape index (κ1) is 25.3. The summed E-state index contributed by atoms with van der Waals surface area (Å²) >= 11 is 0. The standard InChI is InChI=1S/2C8H13Si.C3H7Si.Zr/c2*1-9(2,3)8-6-4-5-7-8;1-3(2)4;/h2*4-7H,1-3H3;4H,1-2H3;/q2*-1;;+2. The van der Waals surface area contributed by atoms with Crippen LogP contribution in [0.2, 0.25) is 39.3 Å². The predicted molar refractivity (Wildman–Crippen MR) is 114 cm³/mol. The van der Waals surface area contributed by atoms with Crippen LogP contribution < -0.4 is 10.4 Å². The molecule has 0 nitrogen and oxygen atoms in total. The van der Waals surface area contributed by atoms with Gasteiger partial charge in [0.25, 0.3) is 0 Å². The molecule has 23 heavy (non-hydrogen) atoms. The maximum absolute atomic E-state index is 2.57. The Morgan fingerprint density at radius 2 is 1.04 bits per heavy atom. The van der Waals surface area contributed by atoms with E-state index in [0.717, 1.165) is 0 Å². The molecule has 0 saturated heterocycles. The molecule has 0 amide bonds. The van der Waals surface area contributed by atoms with Gasteiger partial charge in [0.15, 0.2) is 0 Å². The van der Waals surface area contributed by atoms with Gasteiger partial charge in [0, 0.05) is 16.1 Å². The van der Waals surface area contributed by atoms with Gasteiger partial charge in [-0.2, -0.15) is 36.4 Å². The molecular weight excluding hydrogens is 404 g/mol. The van der Waals surface area contributed by atoms with Crippen LogP contribution in [0.1, 0.15) is 13.8 Å². The second kappa shape index (κ2) is 11.6. The third-order valence-corrected chi connectivity index (χ3v) is 7.19. The zero-order valence-electron chi connectivity index (χ0n) is 16.2. The quantitative estimate of drug-likeness (QED) is 0.493. The topological polar surface area (TPSA) is 0 Å². The molecule has 0 unspecified atom stereocenters. The molecule has 0 fully saturated rings. The van der Waals surface area contributed by atoms with Crippen LogP contribution in [-0.2, 0) is 26.2 Å². The van der Waals surface area contributed by atoms with Crippen molar-refractivity contribution in [3.8, 4) is 0 Å². The van der Waals surface area contributed by atoms with Crippen LogP contribution in [0.4, 0.5) is 0 Å². The molecule has 0 bridgehead atoms. The maximum atomic E-state index is 2.57. The van der Waals surface area contributed by atoms with Crippen LogP contribution in [-0.4, -0.2) is 31.2 Å².